The summed E-state index contributed by atoms with van der Waals surface area (Å²) >= 11 is 6.66. The Bertz CT molecular complexity index is 734. The minimum Gasteiger partial charge on any atom is -0.399 e. The number of nitrogens with zero attached hydrogens (tertiary/aromatic N) is 3. The van der Waals surface area contributed by atoms with E-state index < -0.39 is 0 Å². The van der Waals surface area contributed by atoms with E-state index in [1.807, 2.05) is 53.1 Å². The molecule has 1 aromatic heterocycles. The molecule has 2 aromatic carbocycles. The Labute approximate surface area is 167 Å². The fourth-order valence-corrected chi connectivity index (χ4v) is 2.03. The summed E-state index contributed by atoms with van der Waals surface area (Å²) in [7, 11) is 0. The van der Waals surface area contributed by atoms with Crippen LogP contribution in [-0.4, -0.2) is 34.0 Å². The maximum atomic E-state index is 9.34. The number of hydrogen-bond donors (Lipinski definition) is 2. The number of aldehydes is 1. The lowest BCUT2D eigenvalue weighted by atomic mass is 10.3. The third-order valence-electron chi connectivity index (χ3n) is 2.70. The normalized spacial score (nSPS) is 9.00. The van der Waals surface area contributed by atoms with E-state index in [2.05, 4.69) is 47.4 Å². The van der Waals surface area contributed by atoms with Gasteiger partial charge in [-0.2, -0.15) is 0 Å². The molecule has 3 rings (SSSR count). The minimum atomic E-state index is 0.115. The summed E-state index contributed by atoms with van der Waals surface area (Å²) in [6.45, 7) is 0.115. The first-order chi connectivity index (χ1) is 12.6. The Morgan fingerprint density at radius 2 is 1.42 bits per heavy atom. The molecule has 1 amide bonds. The van der Waals surface area contributed by atoms with Crippen molar-refractivity contribution < 1.29 is 9.59 Å². The molecule has 3 N–H and O–H groups in total. The second-order valence-corrected chi connectivity index (χ2v) is 6.42. The molecular weight excluding hydrogens is 466 g/mol. The molecule has 3 aromatic rings. The van der Waals surface area contributed by atoms with Gasteiger partial charge in [-0.25, -0.2) is 0 Å². The van der Waals surface area contributed by atoms with E-state index in [1.54, 1.807) is 12.7 Å². The predicted molar refractivity (Wildman–Crippen MR) is 108 cm³/mol. The summed E-state index contributed by atoms with van der Waals surface area (Å²) in [6.07, 6.45) is 4.44. The van der Waals surface area contributed by atoms with Crippen molar-refractivity contribution in [1.82, 2.24) is 20.1 Å². The van der Waals surface area contributed by atoms with Gasteiger partial charge >= 0.3 is 0 Å². The summed E-state index contributed by atoms with van der Waals surface area (Å²) < 4.78 is 3.98. The Kier molecular flexibility index (Phi) is 10.6. The number of carbonyl (C=O) groups is 2. The van der Waals surface area contributed by atoms with Crippen LogP contribution < -0.4 is 11.1 Å². The van der Waals surface area contributed by atoms with Crippen LogP contribution in [0.3, 0.4) is 0 Å². The van der Waals surface area contributed by atoms with Gasteiger partial charge in [0.15, 0.2) is 0 Å². The first kappa shape index (κ1) is 21.5. The van der Waals surface area contributed by atoms with E-state index in [0.717, 1.165) is 20.3 Å². The summed E-state index contributed by atoms with van der Waals surface area (Å²) in [5.74, 6) is 0. The Morgan fingerprint density at radius 3 is 1.81 bits per heavy atom. The van der Waals surface area contributed by atoms with Crippen LogP contribution in [-0.2, 0) is 9.59 Å². The van der Waals surface area contributed by atoms with E-state index in [0.29, 0.717) is 12.7 Å². The first-order valence-electron chi connectivity index (χ1n) is 7.29. The van der Waals surface area contributed by atoms with Crippen molar-refractivity contribution in [1.29, 1.82) is 0 Å². The van der Waals surface area contributed by atoms with Gasteiger partial charge in [-0.05, 0) is 48.5 Å². The predicted octanol–water partition coefficient (Wildman–Crippen LogP) is 2.99. The number of anilines is 1. The standard InChI is InChI=1S/C8H6BrN3.C6H6BrN.C3H5NO2/c9-7-1-3-8(4-2-7)12-5-10-11-6-12;7-5-1-3-6(8)4-2-5;5-2-1-4-3-6/h1-6H;1-4H,8H2;2-3H,1H2,(H,4,6). The second kappa shape index (κ2) is 12.8. The van der Waals surface area contributed by atoms with Crippen molar-refractivity contribution in [3.63, 3.8) is 0 Å². The highest BCUT2D eigenvalue weighted by atomic mass is 79.9. The van der Waals surface area contributed by atoms with Crippen LogP contribution >= 0.6 is 31.9 Å². The smallest absolute Gasteiger partial charge is 0.207 e. The zero-order chi connectivity index (χ0) is 19.2. The van der Waals surface area contributed by atoms with Gasteiger partial charge < -0.3 is 15.8 Å². The maximum Gasteiger partial charge on any atom is 0.207 e. The quantitative estimate of drug-likeness (QED) is 0.338. The SMILES string of the molecule is Brc1ccc(-n2cnnc2)cc1.Nc1ccc(Br)cc1.O=CCNC=O. The van der Waals surface area contributed by atoms with Crippen LogP contribution in [0.25, 0.3) is 5.69 Å². The highest BCUT2D eigenvalue weighted by Gasteiger charge is 1.93. The topological polar surface area (TPSA) is 103 Å². The van der Waals surface area contributed by atoms with E-state index >= 15 is 0 Å². The van der Waals surface area contributed by atoms with Gasteiger partial charge in [0.25, 0.3) is 0 Å². The number of nitrogen functional groups attached to an aromatic ring is 1. The summed E-state index contributed by atoms with van der Waals surface area (Å²) in [6, 6.07) is 15.5. The summed E-state index contributed by atoms with van der Waals surface area (Å²) in [5, 5.41) is 9.59. The lowest BCUT2D eigenvalue weighted by Gasteiger charge is -1.99. The van der Waals surface area contributed by atoms with Gasteiger partial charge in [-0.15, -0.1) is 10.2 Å². The monoisotopic (exact) mass is 481 g/mol. The summed E-state index contributed by atoms with van der Waals surface area (Å²) in [4.78, 5) is 18.6. The molecule has 7 nitrogen and oxygen atoms in total. The highest BCUT2D eigenvalue weighted by molar-refractivity contribution is 9.10. The molecule has 0 radical (unpaired) electrons. The zero-order valence-corrected chi connectivity index (χ0v) is 16.8. The third kappa shape index (κ3) is 9.09. The average Bonchev–Trinajstić information content (AvgIpc) is 3.19. The minimum absolute atomic E-state index is 0.115. The molecule has 1 heterocycles. The molecule has 0 aliphatic rings. The molecule has 0 unspecified atom stereocenters. The van der Waals surface area contributed by atoms with Gasteiger partial charge in [0, 0.05) is 20.3 Å². The van der Waals surface area contributed by atoms with E-state index in [4.69, 9.17) is 5.73 Å². The summed E-state index contributed by atoms with van der Waals surface area (Å²) in [5.41, 5.74) is 7.26. The average molecular weight is 483 g/mol. The van der Waals surface area contributed by atoms with Crippen molar-refractivity contribution >= 4 is 50.2 Å². The fourth-order valence-electron chi connectivity index (χ4n) is 1.51. The number of amides is 1. The van der Waals surface area contributed by atoms with E-state index in [-0.39, 0.29) is 6.54 Å². The zero-order valence-electron chi connectivity index (χ0n) is 13.6. The molecule has 0 aliphatic carbocycles. The van der Waals surface area contributed by atoms with Gasteiger partial charge in [-0.1, -0.05) is 31.9 Å². The first-order valence-corrected chi connectivity index (χ1v) is 8.87. The molecule has 0 bridgehead atoms. The third-order valence-corrected chi connectivity index (χ3v) is 3.76. The Balaban J connectivity index is 0.000000211. The fraction of sp³-hybridized carbons (Fsp3) is 0.0588. The van der Waals surface area contributed by atoms with Gasteiger partial charge in [0.2, 0.25) is 6.41 Å². The number of carbonyl (C=O) groups excluding carboxylic acids is 2. The maximum absolute atomic E-state index is 9.34. The molecule has 0 aliphatic heterocycles. The molecule has 9 heteroatoms. The highest BCUT2D eigenvalue weighted by Crippen LogP contribution is 2.13. The van der Waals surface area contributed by atoms with Crippen LogP contribution in [0, 0.1) is 0 Å². The number of hydrogen-bond acceptors (Lipinski definition) is 5. The van der Waals surface area contributed by atoms with E-state index in [1.165, 1.54) is 0 Å². The van der Waals surface area contributed by atoms with Crippen molar-refractivity contribution in [3.05, 3.63) is 70.1 Å². The molecule has 0 saturated heterocycles. The van der Waals surface area contributed by atoms with Crippen LogP contribution in [0.1, 0.15) is 0 Å². The van der Waals surface area contributed by atoms with Gasteiger partial charge in [-0.3, -0.25) is 9.36 Å². The molecule has 136 valence electrons. The van der Waals surface area contributed by atoms with Crippen molar-refractivity contribution in [3.8, 4) is 5.69 Å². The number of nitrogens with one attached hydrogen (secondary N) is 1. The van der Waals surface area contributed by atoms with Gasteiger partial charge in [0.05, 0.1) is 6.54 Å². The number of nitrogens with two attached hydrogens (primary N) is 1. The number of halogens is 2. The largest absolute Gasteiger partial charge is 0.399 e. The number of aromatic nitrogens is 3. The van der Waals surface area contributed by atoms with Gasteiger partial charge in [0.1, 0.15) is 18.9 Å². The Hall–Kier alpha value is -2.52. The van der Waals surface area contributed by atoms with Crippen molar-refractivity contribution in [2.75, 3.05) is 12.3 Å². The van der Waals surface area contributed by atoms with E-state index in [9.17, 15) is 9.59 Å². The molecule has 0 atom stereocenters. The lowest BCUT2D eigenvalue weighted by Crippen LogP contribution is -2.12. The molecular formula is C17H17Br2N5O2. The number of benzene rings is 2. The molecule has 26 heavy (non-hydrogen) atoms. The molecule has 0 saturated carbocycles. The lowest BCUT2D eigenvalue weighted by molar-refractivity contribution is -0.113. The van der Waals surface area contributed by atoms with Crippen LogP contribution in [0.2, 0.25) is 0 Å². The molecule has 0 spiro atoms. The second-order valence-electron chi connectivity index (χ2n) is 4.59. The van der Waals surface area contributed by atoms with Crippen molar-refractivity contribution in [2.24, 2.45) is 0 Å². The van der Waals surface area contributed by atoms with Crippen LogP contribution in [0.5, 0.6) is 0 Å². The Morgan fingerprint density at radius 1 is 0.923 bits per heavy atom. The molecule has 0 fully saturated rings. The van der Waals surface area contributed by atoms with Crippen LogP contribution in [0.4, 0.5) is 5.69 Å². The number of rotatable bonds is 4. The van der Waals surface area contributed by atoms with Crippen molar-refractivity contribution in [2.45, 2.75) is 0 Å². The van der Waals surface area contributed by atoms with Crippen LogP contribution in [0.15, 0.2) is 70.1 Å².